The predicted octanol–water partition coefficient (Wildman–Crippen LogP) is -0.00870. The number of benzene rings is 1. The highest BCUT2D eigenvalue weighted by molar-refractivity contribution is 5.82. The zero-order valence-corrected chi connectivity index (χ0v) is 17.3. The average molecular weight is 424 g/mol. The lowest BCUT2D eigenvalue weighted by atomic mass is 9.80. The SMILES string of the molecule is C[N+]1(C)C2CCC1C(OC(=O)C(O)(c1ccccc1)C1CCCC1)C2.[Br-]. The summed E-state index contributed by atoms with van der Waals surface area (Å²) in [6.07, 6.45) is 7.13. The Hall–Kier alpha value is -0.910. The molecule has 1 aromatic rings. The summed E-state index contributed by atoms with van der Waals surface area (Å²) < 4.78 is 6.96. The van der Waals surface area contributed by atoms with Crippen molar-refractivity contribution in [2.24, 2.45) is 5.92 Å². The van der Waals surface area contributed by atoms with Gasteiger partial charge in [0, 0.05) is 25.2 Å². The number of fused-ring (bicyclic) bond motifs is 2. The molecule has 1 aromatic carbocycles. The lowest BCUT2D eigenvalue weighted by Crippen LogP contribution is -3.00. The first kappa shape index (κ1) is 19.8. The van der Waals surface area contributed by atoms with Crippen molar-refractivity contribution in [2.75, 3.05) is 14.1 Å². The molecule has 26 heavy (non-hydrogen) atoms. The Kier molecular flexibility index (Phi) is 5.53. The highest BCUT2D eigenvalue weighted by Crippen LogP contribution is 2.46. The maximum atomic E-state index is 13.2. The van der Waals surface area contributed by atoms with E-state index in [1.54, 1.807) is 0 Å². The molecular formula is C21H30BrNO3. The first-order valence-corrected chi connectivity index (χ1v) is 9.76. The number of likely N-dealkylation sites (N-methyl/N-ethyl adjacent to an activating group) is 1. The number of rotatable bonds is 4. The van der Waals surface area contributed by atoms with Crippen molar-refractivity contribution in [2.45, 2.75) is 68.7 Å². The number of halogens is 1. The van der Waals surface area contributed by atoms with Crippen molar-refractivity contribution in [1.29, 1.82) is 0 Å². The van der Waals surface area contributed by atoms with Gasteiger partial charge in [-0.2, -0.15) is 0 Å². The Bertz CT molecular complexity index is 644. The fraction of sp³-hybridized carbons (Fsp3) is 0.667. The molecule has 2 aliphatic heterocycles. The molecule has 0 radical (unpaired) electrons. The molecule has 0 spiro atoms. The monoisotopic (exact) mass is 423 g/mol. The minimum absolute atomic E-state index is 0. The fourth-order valence-electron chi connectivity index (χ4n) is 5.64. The number of esters is 1. The van der Waals surface area contributed by atoms with Gasteiger partial charge in [0.15, 0.2) is 11.7 Å². The van der Waals surface area contributed by atoms with Crippen LogP contribution in [0.4, 0.5) is 0 Å². The molecule has 0 aromatic heterocycles. The maximum Gasteiger partial charge on any atom is 0.343 e. The molecule has 5 heteroatoms. The first-order valence-electron chi connectivity index (χ1n) is 9.76. The molecule has 3 aliphatic rings. The van der Waals surface area contributed by atoms with Gasteiger partial charge in [-0.05, 0) is 18.4 Å². The van der Waals surface area contributed by atoms with Gasteiger partial charge >= 0.3 is 5.97 Å². The van der Waals surface area contributed by atoms with E-state index in [2.05, 4.69) is 14.1 Å². The van der Waals surface area contributed by atoms with Crippen molar-refractivity contribution in [1.82, 2.24) is 0 Å². The van der Waals surface area contributed by atoms with Crippen molar-refractivity contribution in [3.63, 3.8) is 0 Å². The van der Waals surface area contributed by atoms with Gasteiger partial charge in [0.2, 0.25) is 0 Å². The van der Waals surface area contributed by atoms with Crippen LogP contribution in [-0.2, 0) is 15.1 Å². The van der Waals surface area contributed by atoms with E-state index in [0.29, 0.717) is 17.6 Å². The molecule has 3 fully saturated rings. The lowest BCUT2D eigenvalue weighted by molar-refractivity contribution is -0.913. The van der Waals surface area contributed by atoms with Crippen LogP contribution in [-0.4, -0.2) is 47.8 Å². The number of hydrogen-bond donors (Lipinski definition) is 1. The highest BCUT2D eigenvalue weighted by atomic mass is 79.9. The number of carbonyl (C=O) groups is 1. The van der Waals surface area contributed by atoms with E-state index in [4.69, 9.17) is 4.74 Å². The van der Waals surface area contributed by atoms with Crippen LogP contribution in [0.1, 0.15) is 50.5 Å². The maximum absolute atomic E-state index is 13.2. The van der Waals surface area contributed by atoms with Crippen molar-refractivity contribution < 1.29 is 36.1 Å². The molecule has 2 saturated heterocycles. The van der Waals surface area contributed by atoms with Gasteiger partial charge < -0.3 is 31.3 Å². The largest absolute Gasteiger partial charge is 1.00 e. The van der Waals surface area contributed by atoms with Gasteiger partial charge in [-0.25, -0.2) is 4.79 Å². The Labute approximate surface area is 166 Å². The van der Waals surface area contributed by atoms with E-state index in [9.17, 15) is 9.90 Å². The van der Waals surface area contributed by atoms with Crippen LogP contribution in [0.25, 0.3) is 0 Å². The van der Waals surface area contributed by atoms with Crippen LogP contribution in [0.2, 0.25) is 0 Å². The quantitative estimate of drug-likeness (QED) is 0.547. The predicted molar refractivity (Wildman–Crippen MR) is 95.7 cm³/mol. The first-order chi connectivity index (χ1) is 11.9. The number of carbonyl (C=O) groups excluding carboxylic acids is 1. The summed E-state index contributed by atoms with van der Waals surface area (Å²) in [7, 11) is 4.49. The third-order valence-electron chi connectivity index (χ3n) is 7.25. The van der Waals surface area contributed by atoms with Crippen LogP contribution in [0, 0.1) is 5.92 Å². The Morgan fingerprint density at radius 1 is 1.12 bits per heavy atom. The van der Waals surface area contributed by atoms with E-state index < -0.39 is 11.6 Å². The minimum Gasteiger partial charge on any atom is -1.00 e. The molecule has 144 valence electrons. The van der Waals surface area contributed by atoms with Crippen LogP contribution < -0.4 is 17.0 Å². The zero-order chi connectivity index (χ0) is 17.7. The van der Waals surface area contributed by atoms with Crippen molar-refractivity contribution in [3.05, 3.63) is 35.9 Å². The molecule has 4 atom stereocenters. The van der Waals surface area contributed by atoms with Gasteiger partial charge in [-0.3, -0.25) is 0 Å². The zero-order valence-electron chi connectivity index (χ0n) is 15.7. The normalized spacial score (nSPS) is 32.0. The van der Waals surface area contributed by atoms with Gasteiger partial charge in [-0.1, -0.05) is 43.2 Å². The third-order valence-corrected chi connectivity index (χ3v) is 7.25. The van der Waals surface area contributed by atoms with Crippen LogP contribution in [0.3, 0.4) is 0 Å². The summed E-state index contributed by atoms with van der Waals surface area (Å²) in [6, 6.07) is 10.4. The van der Waals surface area contributed by atoms with Crippen molar-refractivity contribution in [3.8, 4) is 0 Å². The van der Waals surface area contributed by atoms with Gasteiger partial charge in [0.1, 0.15) is 6.04 Å². The Balaban J connectivity index is 0.00000196. The van der Waals surface area contributed by atoms with Crippen LogP contribution >= 0.6 is 0 Å². The highest BCUT2D eigenvalue weighted by Gasteiger charge is 2.58. The third kappa shape index (κ3) is 3.02. The second-order valence-electron chi connectivity index (χ2n) is 8.72. The summed E-state index contributed by atoms with van der Waals surface area (Å²) in [5.41, 5.74) is -0.819. The number of hydrogen-bond acceptors (Lipinski definition) is 3. The van der Waals surface area contributed by atoms with Crippen LogP contribution in [0.15, 0.2) is 30.3 Å². The minimum atomic E-state index is -1.50. The summed E-state index contributed by atoms with van der Waals surface area (Å²) in [5, 5.41) is 11.5. The molecule has 4 nitrogen and oxygen atoms in total. The molecule has 0 amide bonds. The summed E-state index contributed by atoms with van der Waals surface area (Å²) in [4.78, 5) is 13.2. The topological polar surface area (TPSA) is 46.5 Å². The van der Waals surface area contributed by atoms with E-state index in [1.165, 1.54) is 6.42 Å². The summed E-state index contributed by atoms with van der Waals surface area (Å²) in [6.45, 7) is 0. The van der Waals surface area contributed by atoms with E-state index >= 15 is 0 Å². The van der Waals surface area contributed by atoms with Gasteiger partial charge in [0.05, 0.1) is 20.1 Å². The van der Waals surface area contributed by atoms with Crippen LogP contribution in [0.5, 0.6) is 0 Å². The Morgan fingerprint density at radius 2 is 1.77 bits per heavy atom. The Morgan fingerprint density at radius 3 is 2.31 bits per heavy atom. The second kappa shape index (κ2) is 7.25. The standard InChI is InChI=1S/C21H30NO3.BrH/c1-22(2)17-12-13-18(22)19(14-17)25-20(23)21(24,16-10-6-7-11-16)15-8-4-3-5-9-15;/h3-5,8-9,16-19,24H,6-7,10-14H2,1-2H3;1H/q+1;/p-1. The molecule has 2 heterocycles. The smallest absolute Gasteiger partial charge is 0.343 e. The molecule has 4 rings (SSSR count). The number of nitrogens with zero attached hydrogens (tertiary/aromatic N) is 1. The van der Waals surface area contributed by atoms with E-state index in [0.717, 1.165) is 43.0 Å². The molecule has 1 N–H and O–H groups in total. The molecule has 2 bridgehead atoms. The van der Waals surface area contributed by atoms with Gasteiger partial charge in [-0.15, -0.1) is 0 Å². The summed E-state index contributed by atoms with van der Waals surface area (Å²) >= 11 is 0. The summed E-state index contributed by atoms with van der Waals surface area (Å²) in [5.74, 6) is -0.466. The lowest BCUT2D eigenvalue weighted by Gasteiger charge is -2.35. The number of aliphatic hydroxyl groups is 1. The van der Waals surface area contributed by atoms with E-state index in [1.807, 2.05) is 30.3 Å². The molecular weight excluding hydrogens is 394 g/mol. The second-order valence-corrected chi connectivity index (χ2v) is 8.72. The van der Waals surface area contributed by atoms with Gasteiger partial charge in [0.25, 0.3) is 0 Å². The number of ether oxygens (including phenoxy) is 1. The van der Waals surface area contributed by atoms with Crippen molar-refractivity contribution >= 4 is 5.97 Å². The number of quaternary nitrogens is 1. The molecule has 1 saturated carbocycles. The average Bonchev–Trinajstić information content (AvgIpc) is 3.30. The fourth-order valence-corrected chi connectivity index (χ4v) is 5.64. The van der Waals surface area contributed by atoms with E-state index in [-0.39, 0.29) is 29.0 Å². The molecule has 4 unspecified atom stereocenters. The molecule has 1 aliphatic carbocycles.